The van der Waals surface area contributed by atoms with E-state index in [2.05, 4.69) is 0 Å². The Morgan fingerprint density at radius 1 is 0.607 bits per heavy atom. The molecule has 4 aromatic carbocycles. The lowest BCUT2D eigenvalue weighted by Crippen LogP contribution is -2.61. The fourth-order valence-corrected chi connectivity index (χ4v) is 6.91. The van der Waals surface area contributed by atoms with Crippen LogP contribution < -0.4 is 0 Å². The third-order valence-electron chi connectivity index (χ3n) is 9.98. The summed E-state index contributed by atoms with van der Waals surface area (Å²) in [6.07, 6.45) is -5.51. The molecule has 1 amide bonds. The minimum Gasteiger partial charge on any atom is -0.444 e. The van der Waals surface area contributed by atoms with Crippen LogP contribution >= 0.6 is 0 Å². The van der Waals surface area contributed by atoms with E-state index in [-0.39, 0.29) is 58.3 Å². The standard InChI is InChI=1S/C47H57NO13/c1-46(2,3)58-45(50)48-38(32-51-47(48,4)5)39(49)26-27-40-42(59-54-29-35-20-12-7-13-21-35)44(61-56-31-37-24-16-9-17-25-37)43(60-55-30-36-22-14-8-15-23-36)41(57-40)33-53-52-28-34-18-10-6-11-19-34/h6-25,38,40-44H,26-33H2,1-5H3/t38-,40+,41-,42-,43-,44-/m1/s1. The first-order chi connectivity index (χ1) is 29.5. The Balaban J connectivity index is 1.26. The Kier molecular flexibility index (Phi) is 16.9. The summed E-state index contributed by atoms with van der Waals surface area (Å²) in [5, 5.41) is 0. The molecule has 0 aromatic heterocycles. The summed E-state index contributed by atoms with van der Waals surface area (Å²) in [5.74, 6) is -0.259. The molecule has 14 nitrogen and oxygen atoms in total. The van der Waals surface area contributed by atoms with Gasteiger partial charge in [0.1, 0.15) is 56.5 Å². The number of Topliss-reactive ketones (excluding diaryl/α,β-unsaturated/α-hetero) is 1. The van der Waals surface area contributed by atoms with E-state index in [9.17, 15) is 9.59 Å². The van der Waals surface area contributed by atoms with E-state index < -0.39 is 54.0 Å². The van der Waals surface area contributed by atoms with Crippen LogP contribution in [0.25, 0.3) is 0 Å². The van der Waals surface area contributed by atoms with Gasteiger partial charge < -0.3 is 14.2 Å². The molecule has 14 heteroatoms. The van der Waals surface area contributed by atoms with Gasteiger partial charge in [-0.15, -0.1) is 0 Å². The van der Waals surface area contributed by atoms with Gasteiger partial charge in [0, 0.05) is 6.42 Å². The molecule has 2 saturated heterocycles. The van der Waals surface area contributed by atoms with Gasteiger partial charge in [0.15, 0.2) is 24.1 Å². The summed E-state index contributed by atoms with van der Waals surface area (Å²) >= 11 is 0. The van der Waals surface area contributed by atoms with Crippen molar-refractivity contribution in [2.24, 2.45) is 0 Å². The van der Waals surface area contributed by atoms with Crippen LogP contribution in [0.15, 0.2) is 121 Å². The van der Waals surface area contributed by atoms with Gasteiger partial charge in [-0.05, 0) is 63.3 Å². The van der Waals surface area contributed by atoms with E-state index in [1.165, 1.54) is 4.90 Å². The SMILES string of the molecule is CC(C)(C)OC(=O)N1[C@@H](C(=O)CC[C@@H]2O[C@H](COOCc3ccccc3)[C@@H](OOCc3ccccc3)[C@H](OOCc3ccccc3)[C@@H]2OOCc2ccccc2)COC1(C)C. The van der Waals surface area contributed by atoms with E-state index in [4.69, 9.17) is 53.3 Å². The predicted molar refractivity (Wildman–Crippen MR) is 220 cm³/mol. The largest absolute Gasteiger partial charge is 0.444 e. The van der Waals surface area contributed by atoms with Crippen LogP contribution in [0.5, 0.6) is 0 Å². The average Bonchev–Trinajstić information content (AvgIpc) is 3.58. The minimum absolute atomic E-state index is 0.000335. The highest BCUT2D eigenvalue weighted by Crippen LogP contribution is 2.34. The molecule has 328 valence electrons. The van der Waals surface area contributed by atoms with Crippen molar-refractivity contribution < 1.29 is 62.9 Å². The molecule has 6 rings (SSSR count). The third-order valence-corrected chi connectivity index (χ3v) is 9.98. The zero-order chi connectivity index (χ0) is 43.1. The van der Waals surface area contributed by atoms with Gasteiger partial charge in [0.2, 0.25) is 0 Å². The number of rotatable bonds is 21. The molecule has 0 aliphatic carbocycles. The van der Waals surface area contributed by atoms with Crippen LogP contribution in [0.2, 0.25) is 0 Å². The normalized spacial score (nSPS) is 22.5. The number of benzene rings is 4. The number of amides is 1. The molecule has 0 spiro atoms. The number of ether oxygens (including phenoxy) is 3. The number of carbonyl (C=O) groups is 2. The van der Waals surface area contributed by atoms with Crippen molar-refractivity contribution >= 4 is 11.9 Å². The van der Waals surface area contributed by atoms with Crippen molar-refractivity contribution in [3.63, 3.8) is 0 Å². The summed E-state index contributed by atoms with van der Waals surface area (Å²) in [6.45, 7) is 9.09. The van der Waals surface area contributed by atoms with E-state index in [0.29, 0.717) is 0 Å². The topological polar surface area (TPSA) is 139 Å². The van der Waals surface area contributed by atoms with Crippen LogP contribution in [-0.4, -0.2) is 77.9 Å². The molecule has 0 radical (unpaired) electrons. The summed E-state index contributed by atoms with van der Waals surface area (Å²) in [6, 6.07) is 37.2. The summed E-state index contributed by atoms with van der Waals surface area (Å²) < 4.78 is 18.4. The Bertz CT molecular complexity index is 1900. The van der Waals surface area contributed by atoms with Crippen LogP contribution in [0.1, 0.15) is 69.7 Å². The molecule has 2 heterocycles. The minimum atomic E-state index is -1.08. The van der Waals surface area contributed by atoms with Crippen molar-refractivity contribution in [2.45, 2.75) is 122 Å². The van der Waals surface area contributed by atoms with Gasteiger partial charge in [-0.3, -0.25) is 9.69 Å². The summed E-state index contributed by atoms with van der Waals surface area (Å²) in [5.41, 5.74) is 1.62. The van der Waals surface area contributed by atoms with Gasteiger partial charge in [-0.25, -0.2) is 43.9 Å². The highest BCUT2D eigenvalue weighted by molar-refractivity contribution is 5.88. The zero-order valence-corrected chi connectivity index (χ0v) is 35.4. The van der Waals surface area contributed by atoms with E-state index >= 15 is 0 Å². The Labute approximate surface area is 357 Å². The average molecular weight is 844 g/mol. The van der Waals surface area contributed by atoms with E-state index in [0.717, 1.165) is 22.3 Å². The maximum atomic E-state index is 14.1. The summed E-state index contributed by atoms with van der Waals surface area (Å²) in [4.78, 5) is 76.5. The van der Waals surface area contributed by atoms with Gasteiger partial charge in [0.25, 0.3) is 0 Å². The monoisotopic (exact) mass is 843 g/mol. The van der Waals surface area contributed by atoms with Gasteiger partial charge in [-0.1, -0.05) is 121 Å². The van der Waals surface area contributed by atoms with Crippen molar-refractivity contribution in [3.05, 3.63) is 144 Å². The summed E-state index contributed by atoms with van der Waals surface area (Å²) in [7, 11) is 0. The van der Waals surface area contributed by atoms with Crippen molar-refractivity contribution in [1.29, 1.82) is 0 Å². The molecule has 0 saturated carbocycles. The van der Waals surface area contributed by atoms with Crippen molar-refractivity contribution in [3.8, 4) is 0 Å². The fraction of sp³-hybridized carbons (Fsp3) is 0.447. The predicted octanol–water partition coefficient (Wildman–Crippen LogP) is 8.17. The Hall–Kier alpha value is -4.58. The molecule has 2 aliphatic heterocycles. The van der Waals surface area contributed by atoms with Gasteiger partial charge in [0.05, 0.1) is 12.7 Å². The van der Waals surface area contributed by atoms with Crippen molar-refractivity contribution in [1.82, 2.24) is 4.90 Å². The molecular formula is C47H57NO13. The Morgan fingerprint density at radius 3 is 1.49 bits per heavy atom. The molecule has 0 bridgehead atoms. The van der Waals surface area contributed by atoms with Crippen molar-refractivity contribution in [2.75, 3.05) is 13.2 Å². The Morgan fingerprint density at radius 2 is 1.03 bits per heavy atom. The highest BCUT2D eigenvalue weighted by atomic mass is 17.2. The zero-order valence-electron chi connectivity index (χ0n) is 35.4. The molecule has 0 N–H and O–H groups in total. The third kappa shape index (κ3) is 14.0. The van der Waals surface area contributed by atoms with E-state index in [1.54, 1.807) is 34.6 Å². The molecule has 61 heavy (non-hydrogen) atoms. The quantitative estimate of drug-likeness (QED) is 0.0453. The second-order valence-electron chi connectivity index (χ2n) is 16.3. The molecule has 6 atom stereocenters. The van der Waals surface area contributed by atoms with Gasteiger partial charge >= 0.3 is 6.09 Å². The van der Waals surface area contributed by atoms with Crippen LogP contribution in [-0.2, 0) is 84.5 Å². The second kappa shape index (κ2) is 22.5. The fourth-order valence-electron chi connectivity index (χ4n) is 6.91. The number of hydrogen-bond donors (Lipinski definition) is 0. The number of ketones is 1. The highest BCUT2D eigenvalue weighted by Gasteiger charge is 2.52. The smallest absolute Gasteiger partial charge is 0.413 e. The molecule has 0 unspecified atom stereocenters. The lowest BCUT2D eigenvalue weighted by atomic mass is 9.91. The van der Waals surface area contributed by atoms with Crippen LogP contribution in [0.4, 0.5) is 4.79 Å². The molecule has 4 aromatic rings. The van der Waals surface area contributed by atoms with Gasteiger partial charge in [-0.2, -0.15) is 0 Å². The molecular weight excluding hydrogens is 787 g/mol. The lowest BCUT2D eigenvalue weighted by molar-refractivity contribution is -0.471. The first-order valence-corrected chi connectivity index (χ1v) is 20.6. The number of carbonyl (C=O) groups excluding carboxylic acids is 2. The lowest BCUT2D eigenvalue weighted by Gasteiger charge is -2.43. The van der Waals surface area contributed by atoms with Crippen LogP contribution in [0.3, 0.4) is 0 Å². The first-order valence-electron chi connectivity index (χ1n) is 20.6. The number of hydrogen-bond acceptors (Lipinski definition) is 13. The first kappa shape index (κ1) is 45.9. The second-order valence-corrected chi connectivity index (χ2v) is 16.3. The maximum absolute atomic E-state index is 14.1. The molecule has 2 fully saturated rings. The number of nitrogens with zero attached hydrogens (tertiary/aromatic N) is 1. The van der Waals surface area contributed by atoms with Crippen LogP contribution in [0, 0.1) is 0 Å². The van der Waals surface area contributed by atoms with E-state index in [1.807, 2.05) is 121 Å². The molecule has 2 aliphatic rings. The maximum Gasteiger partial charge on any atom is 0.413 e.